The summed E-state index contributed by atoms with van der Waals surface area (Å²) in [5.74, 6) is 12.6. The molecule has 0 bridgehead atoms. The Bertz CT molecular complexity index is 84.1. The van der Waals surface area contributed by atoms with Crippen LogP contribution in [-0.2, 0) is 0 Å². The maximum absolute atomic E-state index is 5.21. The highest BCUT2D eigenvalue weighted by Gasteiger charge is 1.78. The molecule has 0 saturated carbocycles. The Balaban J connectivity index is -0.0000000904. The Morgan fingerprint density at radius 1 is 0.789 bits per heavy atom. The Morgan fingerprint density at radius 2 is 1.16 bits per heavy atom. The van der Waals surface area contributed by atoms with Crippen molar-refractivity contribution in [1.82, 2.24) is 16.3 Å². The first-order valence-corrected chi connectivity index (χ1v) is 7.11. The van der Waals surface area contributed by atoms with Crippen LogP contribution in [0.1, 0.15) is 52.9 Å². The maximum atomic E-state index is 5.21. The van der Waals surface area contributed by atoms with Crippen molar-refractivity contribution in [2.45, 2.75) is 52.9 Å². The fraction of sp³-hybridized carbons (Fsp3) is 1.00. The number of unbranched alkanes of at least 4 members (excludes halogenated alkanes) is 2. The molecule has 0 aliphatic rings. The van der Waals surface area contributed by atoms with Crippen molar-refractivity contribution in [2.75, 3.05) is 26.7 Å². The zero-order valence-corrected chi connectivity index (χ0v) is 13.5. The van der Waals surface area contributed by atoms with Crippen LogP contribution in [0.4, 0.5) is 0 Å². The molecule has 0 unspecified atom stereocenters. The first-order chi connectivity index (χ1) is 9.24. The van der Waals surface area contributed by atoms with Gasteiger partial charge in [0.1, 0.15) is 0 Å². The van der Waals surface area contributed by atoms with Gasteiger partial charge in [-0.05, 0) is 32.9 Å². The first kappa shape index (κ1) is 27.1. The molecule has 19 heavy (non-hydrogen) atoms. The lowest BCUT2D eigenvalue weighted by molar-refractivity contribution is 0.527. The van der Waals surface area contributed by atoms with Gasteiger partial charge in [-0.1, -0.05) is 33.6 Å². The average Bonchev–Trinajstić information content (AvgIpc) is 2.45. The highest BCUT2D eigenvalue weighted by Crippen LogP contribution is 1.88. The van der Waals surface area contributed by atoms with Gasteiger partial charge in [0.25, 0.3) is 0 Å². The van der Waals surface area contributed by atoms with Crippen molar-refractivity contribution in [3.63, 3.8) is 0 Å². The Labute approximate surface area is 120 Å². The van der Waals surface area contributed by atoms with E-state index in [2.05, 4.69) is 54.6 Å². The highest BCUT2D eigenvalue weighted by molar-refractivity contribution is 4.36. The summed E-state index contributed by atoms with van der Waals surface area (Å²) in [4.78, 5) is 0. The lowest BCUT2D eigenvalue weighted by atomic mass is 10.3. The molecule has 0 spiro atoms. The summed E-state index contributed by atoms with van der Waals surface area (Å²) in [5, 5.41) is 0. The molecule has 0 saturated heterocycles. The normalized spacial score (nSPS) is 8.21. The summed E-state index contributed by atoms with van der Waals surface area (Å²) in [6.07, 6.45) is 6.14. The Kier molecular flexibility index (Phi) is 61.5. The minimum atomic E-state index is 0.855. The van der Waals surface area contributed by atoms with Gasteiger partial charge < -0.3 is 5.73 Å². The minimum Gasteiger partial charge on any atom is -0.330 e. The molecule has 0 amide bonds. The molecule has 0 atom stereocenters. The lowest BCUT2D eigenvalue weighted by Crippen LogP contribution is -2.32. The topological polar surface area (TPSA) is 140 Å². The smallest absolute Gasteiger partial charge is 0.00971 e. The second-order valence-corrected chi connectivity index (χ2v) is 3.64. The molecule has 0 aromatic heterocycles. The van der Waals surface area contributed by atoms with Gasteiger partial charge in [-0.15, -0.1) is 0 Å². The summed E-state index contributed by atoms with van der Waals surface area (Å²) in [5.41, 5.74) is 13.6. The van der Waals surface area contributed by atoms with E-state index >= 15 is 0 Å². The van der Waals surface area contributed by atoms with E-state index in [4.69, 9.17) is 5.73 Å². The van der Waals surface area contributed by atoms with E-state index in [1.807, 2.05) is 0 Å². The minimum absolute atomic E-state index is 0.855. The van der Waals surface area contributed by atoms with Crippen molar-refractivity contribution in [1.29, 1.82) is 0 Å². The number of hydrogen-bond donors (Lipinski definition) is 7. The molecule has 11 N–H and O–H groups in total. The fourth-order valence-corrected chi connectivity index (χ4v) is 0.821. The van der Waals surface area contributed by atoms with Gasteiger partial charge in [-0.25, -0.2) is 0 Å². The predicted molar refractivity (Wildman–Crippen MR) is 86.8 cm³/mol. The molecule has 122 valence electrons. The molecular formula is C12H39N7. The van der Waals surface area contributed by atoms with Gasteiger partial charge in [-0.3, -0.25) is 33.8 Å². The lowest BCUT2D eigenvalue weighted by Gasteiger charge is -2.01. The van der Waals surface area contributed by atoms with Crippen LogP contribution in [0.15, 0.2) is 0 Å². The van der Waals surface area contributed by atoms with E-state index in [0.29, 0.717) is 0 Å². The maximum Gasteiger partial charge on any atom is 0.00971 e. The van der Waals surface area contributed by atoms with Crippen LogP contribution in [0.25, 0.3) is 0 Å². The second kappa shape index (κ2) is 43.1. The molecule has 0 fully saturated rings. The van der Waals surface area contributed by atoms with E-state index in [9.17, 15) is 0 Å². The van der Waals surface area contributed by atoms with Crippen LogP contribution < -0.4 is 39.5 Å². The third-order valence-electron chi connectivity index (χ3n) is 1.68. The predicted octanol–water partition coefficient (Wildman–Crippen LogP) is -0.0658. The quantitative estimate of drug-likeness (QED) is 0.188. The van der Waals surface area contributed by atoms with Crippen molar-refractivity contribution < 1.29 is 0 Å². The van der Waals surface area contributed by atoms with Gasteiger partial charge >= 0.3 is 0 Å². The largest absolute Gasteiger partial charge is 0.330 e. The van der Waals surface area contributed by atoms with Crippen LogP contribution in [0.3, 0.4) is 0 Å². The van der Waals surface area contributed by atoms with E-state index in [0.717, 1.165) is 19.6 Å². The first-order valence-electron chi connectivity index (χ1n) is 7.11. The van der Waals surface area contributed by atoms with Crippen LogP contribution in [0.5, 0.6) is 0 Å². The van der Waals surface area contributed by atoms with Crippen molar-refractivity contribution in [2.24, 2.45) is 23.3 Å². The summed E-state index contributed by atoms with van der Waals surface area (Å²) < 4.78 is 0. The Hall–Kier alpha value is -0.280. The second-order valence-electron chi connectivity index (χ2n) is 3.64. The van der Waals surface area contributed by atoms with E-state index in [1.54, 1.807) is 7.05 Å². The molecule has 0 aliphatic carbocycles. The van der Waals surface area contributed by atoms with Crippen molar-refractivity contribution in [3.05, 3.63) is 0 Å². The summed E-state index contributed by atoms with van der Waals surface area (Å²) >= 11 is 0. The van der Waals surface area contributed by atoms with Gasteiger partial charge in [0.15, 0.2) is 0 Å². The molecule has 0 aromatic carbocycles. The molecular weight excluding hydrogens is 242 g/mol. The summed E-state index contributed by atoms with van der Waals surface area (Å²) in [6.45, 7) is 9.48. The summed E-state index contributed by atoms with van der Waals surface area (Å²) in [6, 6.07) is 0. The van der Waals surface area contributed by atoms with Crippen LogP contribution in [-0.4, -0.2) is 26.7 Å². The number of nitrogens with one attached hydrogen (secondary N) is 3. The number of hydrazine groups is 3. The molecule has 0 aromatic rings. The fourth-order valence-electron chi connectivity index (χ4n) is 0.821. The highest BCUT2D eigenvalue weighted by atomic mass is 15.3. The van der Waals surface area contributed by atoms with Crippen LogP contribution >= 0.6 is 0 Å². The van der Waals surface area contributed by atoms with Gasteiger partial charge in [-0.2, -0.15) is 0 Å². The van der Waals surface area contributed by atoms with E-state index in [-0.39, 0.29) is 0 Å². The number of hydrogen-bond acceptors (Lipinski definition) is 7. The SMILES string of the molecule is CCCCCN.CCCNNCCC.CNN.NN. The standard InChI is InChI=1S/C6H16N2.C5H13N.CH6N2.H4N2/c1-3-5-7-8-6-4-2;1-2-3-4-5-6;1-3-2;1-2/h7-8H,3-6H2,1-2H3;2-6H2,1H3;3H,2H2,1H3;1-2H2. The molecule has 0 radical (unpaired) electrons. The molecule has 7 heteroatoms. The summed E-state index contributed by atoms with van der Waals surface area (Å²) in [7, 11) is 1.65. The number of nitrogens with two attached hydrogens (primary N) is 4. The molecule has 7 nitrogen and oxygen atoms in total. The number of rotatable bonds is 8. The molecule has 0 rings (SSSR count). The Morgan fingerprint density at radius 3 is 1.32 bits per heavy atom. The molecule has 0 heterocycles. The van der Waals surface area contributed by atoms with Crippen molar-refractivity contribution in [3.8, 4) is 0 Å². The average molecular weight is 281 g/mol. The van der Waals surface area contributed by atoms with Gasteiger partial charge in [0.2, 0.25) is 0 Å². The van der Waals surface area contributed by atoms with Crippen LogP contribution in [0, 0.1) is 0 Å². The van der Waals surface area contributed by atoms with E-state index < -0.39 is 0 Å². The molecule has 0 aliphatic heterocycles. The van der Waals surface area contributed by atoms with Gasteiger partial charge in [0.05, 0.1) is 0 Å². The zero-order valence-electron chi connectivity index (χ0n) is 13.5. The third-order valence-corrected chi connectivity index (χ3v) is 1.68. The van der Waals surface area contributed by atoms with E-state index in [1.165, 1.54) is 32.1 Å². The van der Waals surface area contributed by atoms with Gasteiger partial charge in [0, 0.05) is 13.1 Å². The van der Waals surface area contributed by atoms with Crippen molar-refractivity contribution >= 4 is 0 Å². The monoisotopic (exact) mass is 281 g/mol. The zero-order chi connectivity index (χ0) is 15.8. The van der Waals surface area contributed by atoms with Crippen LogP contribution in [0.2, 0.25) is 0 Å². The third kappa shape index (κ3) is 73.5.